The van der Waals surface area contributed by atoms with Gasteiger partial charge >= 0.3 is 6.18 Å². The molecule has 0 radical (unpaired) electrons. The average molecular weight is 537 g/mol. The van der Waals surface area contributed by atoms with Crippen LogP contribution in [0.2, 0.25) is 0 Å². The number of halogens is 3. The van der Waals surface area contributed by atoms with Gasteiger partial charge in [0.15, 0.2) is 17.3 Å². The first-order chi connectivity index (χ1) is 18.7. The number of nitrogens with zero attached hydrogens (tertiary/aromatic N) is 5. The summed E-state index contributed by atoms with van der Waals surface area (Å²) in [5.74, 6) is 1.97. The zero-order valence-corrected chi connectivity index (χ0v) is 22.2. The van der Waals surface area contributed by atoms with Gasteiger partial charge in [-0.3, -0.25) is 0 Å². The summed E-state index contributed by atoms with van der Waals surface area (Å²) in [4.78, 5) is 15.7. The van der Waals surface area contributed by atoms with E-state index in [-0.39, 0.29) is 5.82 Å². The molecule has 7 nitrogen and oxygen atoms in total. The van der Waals surface area contributed by atoms with Crippen LogP contribution in [-0.2, 0) is 24.5 Å². The van der Waals surface area contributed by atoms with Crippen LogP contribution in [0.25, 0.3) is 22.8 Å². The highest BCUT2D eigenvalue weighted by Crippen LogP contribution is 2.32. The van der Waals surface area contributed by atoms with Crippen molar-refractivity contribution in [3.8, 4) is 22.8 Å². The standard InChI is InChI=1S/C29H31F3N6O/c1-19(2)22-6-4-5-7-23(22)26-34-17-24(38-12-14-39-15-13-38)27(36-26)33-16-20-8-10-21(11-9-20)28-35-25(18-37(28)3)29(30,31)32/h4-11,17-19H,12-16H2,1-3H3,(H,33,34,36). The van der Waals surface area contributed by atoms with E-state index in [0.29, 0.717) is 37.1 Å². The van der Waals surface area contributed by atoms with Gasteiger partial charge in [0.1, 0.15) is 5.82 Å². The highest BCUT2D eigenvalue weighted by atomic mass is 19.4. The van der Waals surface area contributed by atoms with Crippen LogP contribution in [0, 0.1) is 0 Å². The van der Waals surface area contributed by atoms with E-state index in [1.165, 1.54) is 10.1 Å². The number of alkyl halides is 3. The van der Waals surface area contributed by atoms with E-state index in [9.17, 15) is 13.2 Å². The Hall–Kier alpha value is -3.92. The van der Waals surface area contributed by atoms with Crippen LogP contribution in [-0.4, -0.2) is 45.8 Å². The average Bonchev–Trinajstić information content (AvgIpc) is 3.34. The van der Waals surface area contributed by atoms with Crippen molar-refractivity contribution in [2.45, 2.75) is 32.5 Å². The van der Waals surface area contributed by atoms with Crippen molar-refractivity contribution in [1.29, 1.82) is 0 Å². The Kier molecular flexibility index (Phi) is 7.56. The maximum atomic E-state index is 13.1. The van der Waals surface area contributed by atoms with E-state index < -0.39 is 11.9 Å². The van der Waals surface area contributed by atoms with Crippen LogP contribution in [0.1, 0.15) is 36.6 Å². The highest BCUT2D eigenvalue weighted by Gasteiger charge is 2.34. The molecule has 1 fully saturated rings. The van der Waals surface area contributed by atoms with Crippen molar-refractivity contribution >= 4 is 11.5 Å². The van der Waals surface area contributed by atoms with E-state index >= 15 is 0 Å². The first-order valence-electron chi connectivity index (χ1n) is 12.9. The van der Waals surface area contributed by atoms with Crippen LogP contribution in [0.5, 0.6) is 0 Å². The lowest BCUT2D eigenvalue weighted by Crippen LogP contribution is -2.36. The molecule has 0 amide bonds. The molecule has 1 saturated heterocycles. The van der Waals surface area contributed by atoms with E-state index in [1.54, 1.807) is 19.2 Å². The molecule has 5 rings (SSSR count). The molecule has 39 heavy (non-hydrogen) atoms. The van der Waals surface area contributed by atoms with Crippen LogP contribution >= 0.6 is 0 Å². The molecule has 2 aromatic carbocycles. The number of rotatable bonds is 7. The van der Waals surface area contributed by atoms with Gasteiger partial charge < -0.3 is 19.5 Å². The van der Waals surface area contributed by atoms with E-state index in [2.05, 4.69) is 35.1 Å². The van der Waals surface area contributed by atoms with Crippen molar-refractivity contribution in [2.24, 2.45) is 7.05 Å². The van der Waals surface area contributed by atoms with Gasteiger partial charge in [-0.15, -0.1) is 0 Å². The molecule has 1 N–H and O–H groups in total. The smallest absolute Gasteiger partial charge is 0.378 e. The first kappa shape index (κ1) is 26.7. The van der Waals surface area contributed by atoms with Gasteiger partial charge in [-0.25, -0.2) is 15.0 Å². The quantitative estimate of drug-likeness (QED) is 0.306. The van der Waals surface area contributed by atoms with E-state index in [0.717, 1.165) is 41.9 Å². The highest BCUT2D eigenvalue weighted by molar-refractivity contribution is 5.70. The van der Waals surface area contributed by atoms with E-state index in [1.807, 2.05) is 36.5 Å². The summed E-state index contributed by atoms with van der Waals surface area (Å²) in [5.41, 5.74) is 3.76. The SMILES string of the molecule is CC(C)c1ccccc1-c1ncc(N2CCOCC2)c(NCc2ccc(-c3nc(C(F)(F)F)cn3C)cc2)n1. The summed E-state index contributed by atoms with van der Waals surface area (Å²) in [5, 5.41) is 3.48. The maximum absolute atomic E-state index is 13.1. The minimum atomic E-state index is -4.48. The van der Waals surface area contributed by atoms with Crippen molar-refractivity contribution in [2.75, 3.05) is 36.5 Å². The van der Waals surface area contributed by atoms with Gasteiger partial charge in [-0.2, -0.15) is 13.2 Å². The molecule has 0 aliphatic carbocycles. The predicted octanol–water partition coefficient (Wildman–Crippen LogP) is 6.14. The molecule has 0 bridgehead atoms. The fraction of sp³-hybridized carbons (Fsp3) is 0.345. The topological polar surface area (TPSA) is 68.1 Å². The maximum Gasteiger partial charge on any atom is 0.434 e. The Morgan fingerprint density at radius 1 is 1.00 bits per heavy atom. The Balaban J connectivity index is 1.40. The number of aryl methyl sites for hydroxylation is 1. The molecule has 0 unspecified atom stereocenters. The Bertz CT molecular complexity index is 1430. The largest absolute Gasteiger partial charge is 0.434 e. The fourth-order valence-corrected chi connectivity index (χ4v) is 4.70. The summed E-state index contributed by atoms with van der Waals surface area (Å²) < 4.78 is 46.2. The number of anilines is 2. The van der Waals surface area contributed by atoms with Gasteiger partial charge in [0.25, 0.3) is 0 Å². The van der Waals surface area contributed by atoms with Crippen LogP contribution in [0.3, 0.4) is 0 Å². The van der Waals surface area contributed by atoms with Gasteiger partial charge in [0.05, 0.1) is 25.1 Å². The second-order valence-corrected chi connectivity index (χ2v) is 9.88. The van der Waals surface area contributed by atoms with Crippen LogP contribution in [0.15, 0.2) is 60.9 Å². The summed E-state index contributed by atoms with van der Waals surface area (Å²) in [7, 11) is 1.56. The number of aromatic nitrogens is 4. The summed E-state index contributed by atoms with van der Waals surface area (Å²) >= 11 is 0. The van der Waals surface area contributed by atoms with Gasteiger partial charge in [-0.1, -0.05) is 62.4 Å². The Morgan fingerprint density at radius 2 is 1.72 bits per heavy atom. The number of imidazole rings is 1. The molecule has 0 spiro atoms. The molecule has 1 aliphatic heterocycles. The van der Waals surface area contributed by atoms with Crippen LogP contribution < -0.4 is 10.2 Å². The lowest BCUT2D eigenvalue weighted by molar-refractivity contribution is -0.140. The summed E-state index contributed by atoms with van der Waals surface area (Å²) in [6.45, 7) is 7.56. The molecule has 10 heteroatoms. The van der Waals surface area contributed by atoms with Crippen molar-refractivity contribution in [1.82, 2.24) is 19.5 Å². The first-order valence-corrected chi connectivity index (χ1v) is 12.9. The molecule has 1 aliphatic rings. The number of morpholine rings is 1. The molecule has 0 atom stereocenters. The van der Waals surface area contributed by atoms with E-state index in [4.69, 9.17) is 14.7 Å². The fourth-order valence-electron chi connectivity index (χ4n) is 4.70. The third kappa shape index (κ3) is 5.90. The zero-order valence-electron chi connectivity index (χ0n) is 22.2. The normalized spacial score (nSPS) is 14.2. The third-order valence-corrected chi connectivity index (χ3v) is 6.78. The molecular formula is C29H31F3N6O. The predicted molar refractivity (Wildman–Crippen MR) is 146 cm³/mol. The Morgan fingerprint density at radius 3 is 2.38 bits per heavy atom. The molecule has 2 aromatic heterocycles. The van der Waals surface area contributed by atoms with Gasteiger partial charge in [-0.05, 0) is 17.0 Å². The summed E-state index contributed by atoms with van der Waals surface area (Å²) in [6.07, 6.45) is -1.61. The van der Waals surface area contributed by atoms with Crippen molar-refractivity contribution in [3.63, 3.8) is 0 Å². The molecule has 3 heterocycles. The van der Waals surface area contributed by atoms with Crippen molar-refractivity contribution < 1.29 is 17.9 Å². The van der Waals surface area contributed by atoms with Crippen LogP contribution in [0.4, 0.5) is 24.7 Å². The third-order valence-electron chi connectivity index (χ3n) is 6.78. The van der Waals surface area contributed by atoms with Crippen molar-refractivity contribution in [3.05, 3.63) is 77.7 Å². The number of ether oxygens (including phenoxy) is 1. The molecule has 0 saturated carbocycles. The lowest BCUT2D eigenvalue weighted by atomic mass is 9.97. The monoisotopic (exact) mass is 536 g/mol. The van der Waals surface area contributed by atoms with Gasteiger partial charge in [0, 0.05) is 44.0 Å². The number of hydrogen-bond donors (Lipinski definition) is 1. The van der Waals surface area contributed by atoms with Gasteiger partial charge in [0.2, 0.25) is 0 Å². The molecule has 4 aromatic rings. The second kappa shape index (κ2) is 11.1. The lowest BCUT2D eigenvalue weighted by Gasteiger charge is -2.30. The summed E-state index contributed by atoms with van der Waals surface area (Å²) in [6, 6.07) is 15.5. The minimum Gasteiger partial charge on any atom is -0.378 e. The number of hydrogen-bond acceptors (Lipinski definition) is 6. The zero-order chi connectivity index (χ0) is 27.6. The molecular weight excluding hydrogens is 505 g/mol. The number of benzene rings is 2. The Labute approximate surface area is 225 Å². The molecule has 204 valence electrons. The minimum absolute atomic E-state index is 0.265. The number of nitrogens with one attached hydrogen (secondary N) is 1. The second-order valence-electron chi connectivity index (χ2n) is 9.88.